The number of benzene rings is 1. The van der Waals surface area contributed by atoms with Gasteiger partial charge in [-0.05, 0) is 51.0 Å². The summed E-state index contributed by atoms with van der Waals surface area (Å²) in [6, 6.07) is 5.31. The first-order chi connectivity index (χ1) is 14.7. The highest BCUT2D eigenvalue weighted by atomic mass is 32.2. The summed E-state index contributed by atoms with van der Waals surface area (Å²) in [7, 11) is -7.34. The quantitative estimate of drug-likeness (QED) is 0.627. The van der Waals surface area contributed by atoms with Crippen molar-refractivity contribution in [1.29, 1.82) is 0 Å². The zero-order chi connectivity index (χ0) is 22.6. The molecule has 174 valence electrons. The molecular formula is C20H30N2O7S2. The molecule has 3 rings (SSSR count). The Bertz CT molecular complexity index is 969. The van der Waals surface area contributed by atoms with Crippen LogP contribution in [-0.2, 0) is 24.4 Å². The summed E-state index contributed by atoms with van der Waals surface area (Å²) in [6.07, 6.45) is 0.844. The number of rotatable bonds is 7. The lowest BCUT2D eigenvalue weighted by Crippen LogP contribution is -2.52. The van der Waals surface area contributed by atoms with Crippen LogP contribution < -0.4 is 10.1 Å². The van der Waals surface area contributed by atoms with Crippen LogP contribution in [-0.4, -0.2) is 83.0 Å². The predicted octanol–water partition coefficient (Wildman–Crippen LogP) is 1.24. The summed E-state index contributed by atoms with van der Waals surface area (Å²) in [5.74, 6) is -0.0583. The van der Waals surface area contributed by atoms with E-state index in [4.69, 9.17) is 9.47 Å². The van der Waals surface area contributed by atoms with E-state index in [1.165, 1.54) is 12.1 Å². The average molecular weight is 475 g/mol. The molecule has 2 aliphatic rings. The zero-order valence-corrected chi connectivity index (χ0v) is 19.5. The van der Waals surface area contributed by atoms with Crippen LogP contribution in [0.4, 0.5) is 4.79 Å². The number of amides is 1. The number of nitrogens with one attached hydrogen (secondary N) is 1. The van der Waals surface area contributed by atoms with Crippen molar-refractivity contribution in [1.82, 2.24) is 10.2 Å². The van der Waals surface area contributed by atoms with Crippen molar-refractivity contribution in [2.45, 2.75) is 48.9 Å². The van der Waals surface area contributed by atoms with Gasteiger partial charge in [0.1, 0.15) is 5.75 Å². The fourth-order valence-corrected chi connectivity index (χ4v) is 8.77. The first-order valence-electron chi connectivity index (χ1n) is 10.5. The fraction of sp³-hybridized carbons (Fsp3) is 0.650. The van der Waals surface area contributed by atoms with Crippen molar-refractivity contribution in [3.8, 4) is 5.75 Å². The van der Waals surface area contributed by atoms with Crippen molar-refractivity contribution < 1.29 is 31.1 Å². The van der Waals surface area contributed by atoms with E-state index in [0.29, 0.717) is 44.9 Å². The molecule has 31 heavy (non-hydrogen) atoms. The van der Waals surface area contributed by atoms with Crippen LogP contribution in [0.3, 0.4) is 0 Å². The van der Waals surface area contributed by atoms with E-state index in [0.717, 1.165) is 0 Å². The molecule has 2 fully saturated rings. The van der Waals surface area contributed by atoms with E-state index in [9.17, 15) is 21.6 Å². The van der Waals surface area contributed by atoms with Gasteiger partial charge >= 0.3 is 6.09 Å². The van der Waals surface area contributed by atoms with Crippen molar-refractivity contribution >= 4 is 25.8 Å². The van der Waals surface area contributed by atoms with Gasteiger partial charge in [-0.15, -0.1) is 0 Å². The van der Waals surface area contributed by atoms with E-state index >= 15 is 0 Å². The predicted molar refractivity (Wildman–Crippen MR) is 116 cm³/mol. The third-order valence-electron chi connectivity index (χ3n) is 5.63. The monoisotopic (exact) mass is 474 g/mol. The van der Waals surface area contributed by atoms with Crippen molar-refractivity contribution in [3.63, 3.8) is 0 Å². The van der Waals surface area contributed by atoms with Gasteiger partial charge in [0.2, 0.25) is 0 Å². The van der Waals surface area contributed by atoms with Gasteiger partial charge in [-0.1, -0.05) is 0 Å². The molecule has 11 heteroatoms. The summed E-state index contributed by atoms with van der Waals surface area (Å²) in [6.45, 7) is 5.31. The summed E-state index contributed by atoms with van der Waals surface area (Å²) >= 11 is 0. The number of sulfone groups is 2. The highest BCUT2D eigenvalue weighted by Gasteiger charge is 2.46. The summed E-state index contributed by atoms with van der Waals surface area (Å²) in [4.78, 5) is 13.6. The molecule has 0 radical (unpaired) electrons. The first kappa shape index (κ1) is 23.8. The highest BCUT2D eigenvalue weighted by molar-refractivity contribution is 7.96. The molecule has 0 saturated carbocycles. The molecule has 0 aliphatic carbocycles. The van der Waals surface area contributed by atoms with E-state index in [1.54, 1.807) is 24.0 Å². The smallest absolute Gasteiger partial charge is 0.409 e. The Balaban J connectivity index is 1.70. The molecule has 0 bridgehead atoms. The summed E-state index contributed by atoms with van der Waals surface area (Å²) in [5.41, 5.74) is 0. The van der Waals surface area contributed by atoms with E-state index in [-0.39, 0.29) is 22.8 Å². The minimum absolute atomic E-state index is 0.0676. The van der Waals surface area contributed by atoms with Gasteiger partial charge in [-0.2, -0.15) is 0 Å². The maximum atomic E-state index is 13.2. The highest BCUT2D eigenvalue weighted by Crippen LogP contribution is 2.28. The topological polar surface area (TPSA) is 119 Å². The first-order valence-corrected chi connectivity index (χ1v) is 13.9. The van der Waals surface area contributed by atoms with Crippen molar-refractivity contribution in [2.75, 3.05) is 37.8 Å². The van der Waals surface area contributed by atoms with Crippen LogP contribution in [0.5, 0.6) is 5.75 Å². The largest absolute Gasteiger partial charge is 0.494 e. The van der Waals surface area contributed by atoms with E-state index in [1.807, 2.05) is 6.92 Å². The van der Waals surface area contributed by atoms with Crippen molar-refractivity contribution in [2.24, 2.45) is 0 Å². The Morgan fingerprint density at radius 2 is 1.74 bits per heavy atom. The van der Waals surface area contributed by atoms with Crippen LogP contribution in [0, 0.1) is 0 Å². The Morgan fingerprint density at radius 3 is 2.32 bits per heavy atom. The molecule has 0 aromatic heterocycles. The number of hydrogen-bond acceptors (Lipinski definition) is 8. The molecule has 1 N–H and O–H groups in total. The van der Waals surface area contributed by atoms with Gasteiger partial charge < -0.3 is 19.7 Å². The van der Waals surface area contributed by atoms with Gasteiger partial charge in [0.15, 0.2) is 19.7 Å². The molecule has 2 heterocycles. The van der Waals surface area contributed by atoms with Crippen LogP contribution in [0.1, 0.15) is 26.7 Å². The Kier molecular flexibility index (Phi) is 7.48. The molecule has 2 aliphatic heterocycles. The van der Waals surface area contributed by atoms with Crippen LogP contribution in [0.25, 0.3) is 0 Å². The number of hydrogen-bond donors (Lipinski definition) is 1. The maximum absolute atomic E-state index is 13.2. The van der Waals surface area contributed by atoms with Gasteiger partial charge in [0.25, 0.3) is 0 Å². The van der Waals surface area contributed by atoms with Crippen LogP contribution >= 0.6 is 0 Å². The molecule has 9 nitrogen and oxygen atoms in total. The molecule has 2 saturated heterocycles. The molecule has 1 aromatic carbocycles. The molecule has 1 amide bonds. The molecule has 1 aromatic rings. The van der Waals surface area contributed by atoms with E-state index in [2.05, 4.69) is 5.32 Å². The van der Waals surface area contributed by atoms with Crippen molar-refractivity contribution in [3.05, 3.63) is 24.3 Å². The third-order valence-corrected chi connectivity index (χ3v) is 9.80. The average Bonchev–Trinajstić information content (AvgIpc) is 3.04. The third kappa shape index (κ3) is 5.69. The number of ether oxygens (including phenoxy) is 2. The van der Waals surface area contributed by atoms with E-state index < -0.39 is 36.7 Å². The minimum atomic E-state index is -3.85. The standard InChI is InChI=1S/C20H30N2O7S2/c1-3-28-16-5-7-17(8-6-16)31(26,27)19-14-30(24,25)13-18(19)21-15-9-11-22(12-10-15)20(23)29-4-2/h5-8,15,18-19,21H,3-4,9-14H2,1-2H3/t18-,19-/m0/s1. The SMILES string of the molecule is CCOC(=O)N1CCC(N[C@H]2CS(=O)(=O)C[C@@H]2S(=O)(=O)c2ccc(OCC)cc2)CC1. The number of carbonyl (C=O) groups excluding carboxylic acids is 1. The number of nitrogens with zero attached hydrogens (tertiary/aromatic N) is 1. The Labute approximate surface area is 183 Å². The van der Waals surface area contributed by atoms with Gasteiger partial charge in [0, 0.05) is 25.2 Å². The molecule has 2 atom stereocenters. The maximum Gasteiger partial charge on any atom is 0.409 e. The molecule has 0 unspecified atom stereocenters. The Morgan fingerprint density at radius 1 is 1.10 bits per heavy atom. The lowest BCUT2D eigenvalue weighted by molar-refractivity contribution is 0.0945. The Hall–Kier alpha value is -1.85. The van der Waals surface area contributed by atoms with Gasteiger partial charge in [0.05, 0.1) is 34.9 Å². The second-order valence-corrected chi connectivity index (χ2v) is 12.1. The lowest BCUT2D eigenvalue weighted by atomic mass is 10.0. The van der Waals surface area contributed by atoms with Crippen LogP contribution in [0.2, 0.25) is 0 Å². The van der Waals surface area contributed by atoms with Gasteiger partial charge in [-0.25, -0.2) is 21.6 Å². The second kappa shape index (κ2) is 9.74. The number of likely N-dealkylation sites (tertiary alicyclic amines) is 1. The summed E-state index contributed by atoms with van der Waals surface area (Å²) in [5, 5.41) is 2.20. The lowest BCUT2D eigenvalue weighted by Gasteiger charge is -2.34. The minimum Gasteiger partial charge on any atom is -0.494 e. The van der Waals surface area contributed by atoms with Gasteiger partial charge in [-0.3, -0.25) is 0 Å². The molecule has 0 spiro atoms. The fourth-order valence-electron chi connectivity index (χ4n) is 4.09. The second-order valence-electron chi connectivity index (χ2n) is 7.80. The van der Waals surface area contributed by atoms with Crippen LogP contribution in [0.15, 0.2) is 29.2 Å². The summed E-state index contributed by atoms with van der Waals surface area (Å²) < 4.78 is 61.5. The normalized spacial score (nSPS) is 24.1. The molecular weight excluding hydrogens is 444 g/mol. The number of piperidine rings is 1. The zero-order valence-electron chi connectivity index (χ0n) is 17.8. The number of carbonyl (C=O) groups is 1.